The third kappa shape index (κ3) is 4.88. The molecule has 0 spiro atoms. The fourth-order valence-electron chi connectivity index (χ4n) is 2.19. The van der Waals surface area contributed by atoms with Crippen LogP contribution in [-0.2, 0) is 0 Å². The van der Waals surface area contributed by atoms with Crippen molar-refractivity contribution in [3.8, 4) is 34.5 Å². The topological polar surface area (TPSA) is 70.3 Å². The van der Waals surface area contributed by atoms with Gasteiger partial charge < -0.3 is 13.9 Å². The Morgan fingerprint density at radius 2 is 1.70 bits per heavy atom. The van der Waals surface area contributed by atoms with E-state index >= 15 is 0 Å². The number of halogens is 4. The van der Waals surface area contributed by atoms with Crippen molar-refractivity contribution in [2.75, 3.05) is 0 Å². The summed E-state index contributed by atoms with van der Waals surface area (Å²) in [7, 11) is 0. The Morgan fingerprint density at radius 3 is 2.33 bits per heavy atom. The van der Waals surface area contributed by atoms with Crippen LogP contribution in [0.3, 0.4) is 0 Å². The summed E-state index contributed by atoms with van der Waals surface area (Å²) in [5, 5.41) is 7.87. The van der Waals surface area contributed by atoms with Crippen LogP contribution >= 0.6 is 11.6 Å². The highest BCUT2D eigenvalue weighted by Crippen LogP contribution is 2.32. The van der Waals surface area contributed by atoms with Gasteiger partial charge in [0.1, 0.15) is 11.3 Å². The molecule has 0 saturated heterocycles. The first-order valence-corrected chi connectivity index (χ1v) is 8.13. The monoisotopic (exact) mass is 399 g/mol. The Kier molecular flexibility index (Phi) is 5.22. The van der Waals surface area contributed by atoms with Crippen molar-refractivity contribution in [2.24, 2.45) is 0 Å². The minimum atomic E-state index is -4.76. The Bertz CT molecular complexity index is 927. The Morgan fingerprint density at radius 1 is 1.04 bits per heavy atom. The minimum Gasteiger partial charge on any atom is -0.458 e. The molecule has 3 rings (SSSR count). The van der Waals surface area contributed by atoms with E-state index < -0.39 is 11.9 Å². The van der Waals surface area contributed by atoms with Crippen LogP contribution in [0, 0.1) is 6.92 Å². The lowest BCUT2D eigenvalue weighted by atomic mass is 10.2. The van der Waals surface area contributed by atoms with E-state index in [2.05, 4.69) is 19.9 Å². The van der Waals surface area contributed by atoms with Crippen LogP contribution in [-0.4, -0.2) is 27.1 Å². The van der Waals surface area contributed by atoms with Gasteiger partial charge in [0.15, 0.2) is 5.56 Å². The number of hydrogen-bond acceptors (Lipinski definition) is 6. The quantitative estimate of drug-likeness (QED) is 0.564. The fraction of sp³-hybridized carbons (Fsp3) is 0.235. The van der Waals surface area contributed by atoms with Gasteiger partial charge in [0.25, 0.3) is 5.89 Å². The van der Waals surface area contributed by atoms with Gasteiger partial charge in [-0.05, 0) is 50.2 Å². The van der Waals surface area contributed by atoms with E-state index in [-0.39, 0.29) is 23.4 Å². The normalized spacial score (nSPS) is 12.7. The van der Waals surface area contributed by atoms with Crippen molar-refractivity contribution in [1.82, 2.24) is 15.2 Å². The number of hydrogen-bond donors (Lipinski definition) is 0. The predicted octanol–water partition coefficient (Wildman–Crippen LogP) is 4.97. The maximum absolute atomic E-state index is 12.2. The summed E-state index contributed by atoms with van der Waals surface area (Å²) in [6, 6.07) is 8.52. The highest BCUT2D eigenvalue weighted by atomic mass is 35.5. The summed E-state index contributed by atoms with van der Waals surface area (Å²) in [6.45, 7) is 3.43. The molecule has 0 saturated carbocycles. The number of benzene rings is 1. The van der Waals surface area contributed by atoms with E-state index in [1.54, 1.807) is 26.0 Å². The second-order valence-electron chi connectivity index (χ2n) is 5.45. The molecule has 142 valence electrons. The summed E-state index contributed by atoms with van der Waals surface area (Å²) in [5.41, 5.74) is 0.966. The van der Waals surface area contributed by atoms with E-state index in [4.69, 9.17) is 20.8 Å². The van der Waals surface area contributed by atoms with Gasteiger partial charge in [0.2, 0.25) is 11.8 Å². The molecule has 1 unspecified atom stereocenters. The van der Waals surface area contributed by atoms with E-state index in [0.717, 1.165) is 12.1 Å². The maximum Gasteiger partial charge on any atom is 0.573 e. The van der Waals surface area contributed by atoms with Crippen LogP contribution in [0.25, 0.3) is 22.9 Å². The number of alkyl halides is 4. The van der Waals surface area contributed by atoms with Crippen molar-refractivity contribution < 1.29 is 27.1 Å². The molecule has 3 aromatic rings. The number of aromatic nitrogens is 3. The number of ether oxygens (including phenoxy) is 2. The van der Waals surface area contributed by atoms with E-state index in [1.807, 2.05) is 0 Å². The summed E-state index contributed by atoms with van der Waals surface area (Å²) in [4.78, 5) is 4.26. The largest absolute Gasteiger partial charge is 0.573 e. The van der Waals surface area contributed by atoms with Gasteiger partial charge >= 0.3 is 6.36 Å². The first-order valence-electron chi connectivity index (χ1n) is 7.70. The molecule has 1 aromatic carbocycles. The number of rotatable bonds is 5. The fourth-order valence-corrected chi connectivity index (χ4v) is 2.27. The van der Waals surface area contributed by atoms with E-state index in [9.17, 15) is 13.2 Å². The van der Waals surface area contributed by atoms with Crippen LogP contribution in [0.15, 0.2) is 40.8 Å². The SMILES string of the molecule is Cc1ccc(-c2nnc(-c3ccc(OC(F)(F)F)cc3)o2)c(OC(C)Cl)n1. The zero-order valence-corrected chi connectivity index (χ0v) is 14.9. The molecule has 10 heteroatoms. The second-order valence-corrected chi connectivity index (χ2v) is 6.07. The minimum absolute atomic E-state index is 0.119. The molecule has 0 N–H and O–H groups in total. The maximum atomic E-state index is 12.2. The molecule has 0 aliphatic rings. The molecule has 27 heavy (non-hydrogen) atoms. The van der Waals surface area contributed by atoms with Crippen molar-refractivity contribution in [2.45, 2.75) is 25.8 Å². The second kappa shape index (κ2) is 7.43. The standard InChI is InChI=1S/C17H13ClF3N3O3/c1-9-3-8-13(15(22-9)25-10(2)18)16-24-23-14(26-16)11-4-6-12(7-5-11)27-17(19,20)21/h3-8,10H,1-2H3. The van der Waals surface area contributed by atoms with Crippen molar-refractivity contribution in [3.63, 3.8) is 0 Å². The summed E-state index contributed by atoms with van der Waals surface area (Å²) in [5.74, 6) is 0.150. The van der Waals surface area contributed by atoms with E-state index in [0.29, 0.717) is 16.8 Å². The molecule has 0 bridgehead atoms. The molecule has 0 aliphatic heterocycles. The van der Waals surface area contributed by atoms with Gasteiger partial charge in [0.05, 0.1) is 0 Å². The van der Waals surface area contributed by atoms with Crippen molar-refractivity contribution in [1.29, 1.82) is 0 Å². The molecular formula is C17H13ClF3N3O3. The smallest absolute Gasteiger partial charge is 0.458 e. The van der Waals surface area contributed by atoms with Crippen LogP contribution in [0.2, 0.25) is 0 Å². The summed E-state index contributed by atoms with van der Waals surface area (Å²) < 4.78 is 51.6. The highest BCUT2D eigenvalue weighted by Gasteiger charge is 2.31. The first kappa shape index (κ1) is 19.0. The summed E-state index contributed by atoms with van der Waals surface area (Å²) >= 11 is 5.86. The lowest BCUT2D eigenvalue weighted by Crippen LogP contribution is -2.16. The zero-order valence-electron chi connectivity index (χ0n) is 14.1. The van der Waals surface area contributed by atoms with E-state index in [1.165, 1.54) is 12.1 Å². The average molecular weight is 400 g/mol. The molecule has 6 nitrogen and oxygen atoms in total. The molecule has 1 atom stereocenters. The van der Waals surface area contributed by atoms with Crippen molar-refractivity contribution in [3.05, 3.63) is 42.1 Å². The van der Waals surface area contributed by atoms with Gasteiger partial charge in [-0.2, -0.15) is 0 Å². The Labute approximate surface area is 156 Å². The summed E-state index contributed by atoms with van der Waals surface area (Å²) in [6.07, 6.45) is -4.76. The lowest BCUT2D eigenvalue weighted by molar-refractivity contribution is -0.274. The molecule has 2 aromatic heterocycles. The van der Waals surface area contributed by atoms with Crippen LogP contribution < -0.4 is 9.47 Å². The predicted molar refractivity (Wildman–Crippen MR) is 90.3 cm³/mol. The number of aryl methyl sites for hydroxylation is 1. The van der Waals surface area contributed by atoms with Crippen LogP contribution in [0.5, 0.6) is 11.6 Å². The lowest BCUT2D eigenvalue weighted by Gasteiger charge is -2.10. The molecular weight excluding hydrogens is 387 g/mol. The van der Waals surface area contributed by atoms with Gasteiger partial charge in [-0.3, -0.25) is 0 Å². The van der Waals surface area contributed by atoms with Gasteiger partial charge in [-0.25, -0.2) is 4.98 Å². The molecule has 0 fully saturated rings. The molecule has 0 amide bonds. The average Bonchev–Trinajstić information content (AvgIpc) is 3.03. The highest BCUT2D eigenvalue weighted by molar-refractivity contribution is 6.19. The van der Waals surface area contributed by atoms with Gasteiger partial charge in [0, 0.05) is 11.3 Å². The molecule has 2 heterocycles. The van der Waals surface area contributed by atoms with Crippen LogP contribution in [0.4, 0.5) is 13.2 Å². The van der Waals surface area contributed by atoms with Crippen molar-refractivity contribution >= 4 is 11.6 Å². The number of nitrogens with zero attached hydrogens (tertiary/aromatic N) is 3. The van der Waals surface area contributed by atoms with Gasteiger partial charge in [-0.15, -0.1) is 23.4 Å². The van der Waals surface area contributed by atoms with Gasteiger partial charge in [-0.1, -0.05) is 11.6 Å². The molecule has 0 radical (unpaired) electrons. The Balaban J connectivity index is 1.87. The van der Waals surface area contributed by atoms with Crippen LogP contribution in [0.1, 0.15) is 12.6 Å². The number of pyridine rings is 1. The Hall–Kier alpha value is -2.81. The molecule has 0 aliphatic carbocycles. The third-order valence-electron chi connectivity index (χ3n) is 3.26. The zero-order chi connectivity index (χ0) is 19.6. The third-order valence-corrected chi connectivity index (χ3v) is 3.35. The first-order chi connectivity index (χ1) is 12.7.